The molecule has 1 unspecified atom stereocenters. The topological polar surface area (TPSA) is 94.0 Å². The van der Waals surface area contributed by atoms with Crippen molar-refractivity contribution in [3.8, 4) is 6.07 Å². The zero-order valence-electron chi connectivity index (χ0n) is 12.8. The van der Waals surface area contributed by atoms with Crippen molar-refractivity contribution in [3.63, 3.8) is 0 Å². The van der Waals surface area contributed by atoms with E-state index in [0.29, 0.717) is 11.3 Å². The van der Waals surface area contributed by atoms with Crippen LogP contribution in [0, 0.1) is 23.1 Å². The Hall–Kier alpha value is -2.92. The third kappa shape index (κ3) is 4.79. The van der Waals surface area contributed by atoms with Crippen molar-refractivity contribution in [1.29, 1.82) is 5.26 Å². The summed E-state index contributed by atoms with van der Waals surface area (Å²) >= 11 is 1.36. The summed E-state index contributed by atoms with van der Waals surface area (Å²) < 4.78 is 13.8. The number of urea groups is 1. The Labute approximate surface area is 142 Å². The lowest BCUT2D eigenvalue weighted by Crippen LogP contribution is -2.32. The van der Waals surface area contributed by atoms with E-state index in [4.69, 9.17) is 5.26 Å². The standard InChI is InChI=1S/C16H15FN4O2S/c1-10(7-18)8-19-16(23)20-12-2-3-13(17)14(6-12)21-15(22)11-4-5-24-9-11/h2-6,9-10H,8H2,1H3,(H,21,22)(H2,19,20,23). The Morgan fingerprint density at radius 1 is 1.33 bits per heavy atom. The van der Waals surface area contributed by atoms with E-state index in [9.17, 15) is 14.0 Å². The molecule has 8 heteroatoms. The molecule has 0 bridgehead atoms. The van der Waals surface area contributed by atoms with E-state index in [-0.39, 0.29) is 18.2 Å². The number of nitrogens with zero attached hydrogens (tertiary/aromatic N) is 1. The van der Waals surface area contributed by atoms with Crippen molar-refractivity contribution in [2.24, 2.45) is 5.92 Å². The van der Waals surface area contributed by atoms with Crippen LogP contribution in [0.15, 0.2) is 35.0 Å². The molecule has 0 radical (unpaired) electrons. The average molecular weight is 346 g/mol. The van der Waals surface area contributed by atoms with E-state index >= 15 is 0 Å². The Morgan fingerprint density at radius 2 is 2.12 bits per heavy atom. The fourth-order valence-electron chi connectivity index (χ4n) is 1.75. The minimum Gasteiger partial charge on any atom is -0.337 e. The highest BCUT2D eigenvalue weighted by atomic mass is 32.1. The Balaban J connectivity index is 2.01. The summed E-state index contributed by atoms with van der Waals surface area (Å²) in [5, 5.41) is 19.6. The molecule has 0 spiro atoms. The number of anilines is 2. The van der Waals surface area contributed by atoms with Gasteiger partial charge in [-0.15, -0.1) is 0 Å². The number of nitrogens with one attached hydrogen (secondary N) is 3. The minimum absolute atomic E-state index is 0.0330. The first-order chi connectivity index (χ1) is 11.5. The number of halogens is 1. The quantitative estimate of drug-likeness (QED) is 0.774. The van der Waals surface area contributed by atoms with Gasteiger partial charge in [0.2, 0.25) is 0 Å². The zero-order chi connectivity index (χ0) is 17.5. The van der Waals surface area contributed by atoms with Crippen molar-refractivity contribution in [3.05, 3.63) is 46.4 Å². The van der Waals surface area contributed by atoms with Crippen LogP contribution < -0.4 is 16.0 Å². The number of carbonyl (C=O) groups is 2. The number of nitriles is 1. The molecule has 1 heterocycles. The van der Waals surface area contributed by atoms with Crippen LogP contribution in [-0.2, 0) is 0 Å². The number of hydrogen-bond acceptors (Lipinski definition) is 4. The first kappa shape index (κ1) is 17.4. The Bertz CT molecular complexity index is 771. The van der Waals surface area contributed by atoms with Crippen LogP contribution in [-0.4, -0.2) is 18.5 Å². The molecule has 0 saturated heterocycles. The molecule has 2 rings (SSSR count). The van der Waals surface area contributed by atoms with Gasteiger partial charge < -0.3 is 16.0 Å². The lowest BCUT2D eigenvalue weighted by molar-refractivity contribution is 0.102. The molecule has 0 aliphatic rings. The van der Waals surface area contributed by atoms with Gasteiger partial charge in [-0.1, -0.05) is 0 Å². The summed E-state index contributed by atoms with van der Waals surface area (Å²) in [6.45, 7) is 1.88. The first-order valence-electron chi connectivity index (χ1n) is 7.07. The maximum atomic E-state index is 13.8. The van der Waals surface area contributed by atoms with Crippen molar-refractivity contribution >= 4 is 34.6 Å². The molecule has 1 aromatic carbocycles. The van der Waals surface area contributed by atoms with Gasteiger partial charge in [0, 0.05) is 17.6 Å². The van der Waals surface area contributed by atoms with Crippen LogP contribution in [0.1, 0.15) is 17.3 Å². The predicted octanol–water partition coefficient (Wildman–Crippen LogP) is 3.42. The molecule has 3 N–H and O–H groups in total. The normalized spacial score (nSPS) is 11.2. The SMILES string of the molecule is CC(C#N)CNC(=O)Nc1ccc(F)c(NC(=O)c2ccsc2)c1. The molecule has 0 aliphatic heterocycles. The predicted molar refractivity (Wildman–Crippen MR) is 90.5 cm³/mol. The summed E-state index contributed by atoms with van der Waals surface area (Å²) in [7, 11) is 0. The average Bonchev–Trinajstić information content (AvgIpc) is 3.10. The van der Waals surface area contributed by atoms with Crippen LogP contribution >= 0.6 is 11.3 Å². The highest BCUT2D eigenvalue weighted by Gasteiger charge is 2.11. The molecule has 0 saturated carbocycles. The summed E-state index contributed by atoms with van der Waals surface area (Å²) in [4.78, 5) is 23.7. The van der Waals surface area contributed by atoms with Crippen LogP contribution in [0.4, 0.5) is 20.6 Å². The number of benzene rings is 1. The van der Waals surface area contributed by atoms with Gasteiger partial charge in [-0.2, -0.15) is 16.6 Å². The highest BCUT2D eigenvalue weighted by molar-refractivity contribution is 7.08. The molecule has 24 heavy (non-hydrogen) atoms. The number of carbonyl (C=O) groups excluding carboxylic acids is 2. The van der Waals surface area contributed by atoms with E-state index in [1.165, 1.54) is 23.5 Å². The summed E-state index contributed by atoms with van der Waals surface area (Å²) in [5.74, 6) is -1.35. The van der Waals surface area contributed by atoms with Crippen molar-refractivity contribution in [2.75, 3.05) is 17.2 Å². The third-order valence-electron chi connectivity index (χ3n) is 3.04. The van der Waals surface area contributed by atoms with Crippen molar-refractivity contribution in [1.82, 2.24) is 5.32 Å². The van der Waals surface area contributed by atoms with E-state index in [1.54, 1.807) is 23.8 Å². The monoisotopic (exact) mass is 346 g/mol. The number of amides is 3. The van der Waals surface area contributed by atoms with Gasteiger partial charge in [-0.05, 0) is 36.6 Å². The highest BCUT2D eigenvalue weighted by Crippen LogP contribution is 2.21. The lowest BCUT2D eigenvalue weighted by Gasteiger charge is -2.11. The van der Waals surface area contributed by atoms with Crippen LogP contribution in [0.3, 0.4) is 0 Å². The Morgan fingerprint density at radius 3 is 2.79 bits per heavy atom. The molecule has 0 fully saturated rings. The van der Waals surface area contributed by atoms with E-state index in [1.807, 2.05) is 6.07 Å². The smallest absolute Gasteiger partial charge is 0.319 e. The van der Waals surface area contributed by atoms with Crippen molar-refractivity contribution in [2.45, 2.75) is 6.92 Å². The summed E-state index contributed by atoms with van der Waals surface area (Å²) in [5.41, 5.74) is 0.717. The fraction of sp³-hybridized carbons (Fsp3) is 0.188. The second-order valence-electron chi connectivity index (χ2n) is 5.03. The van der Waals surface area contributed by atoms with Gasteiger partial charge in [0.1, 0.15) is 5.82 Å². The molecule has 1 atom stereocenters. The summed E-state index contributed by atoms with van der Waals surface area (Å²) in [6.07, 6.45) is 0. The van der Waals surface area contributed by atoms with Crippen molar-refractivity contribution < 1.29 is 14.0 Å². The molecule has 3 amide bonds. The van der Waals surface area contributed by atoms with E-state index in [2.05, 4.69) is 16.0 Å². The molecule has 6 nitrogen and oxygen atoms in total. The van der Waals surface area contributed by atoms with Crippen LogP contribution in [0.5, 0.6) is 0 Å². The number of rotatable bonds is 5. The molecular formula is C16H15FN4O2S. The van der Waals surface area contributed by atoms with Crippen LogP contribution in [0.25, 0.3) is 0 Å². The largest absolute Gasteiger partial charge is 0.337 e. The Kier molecular flexibility index (Phi) is 5.87. The number of hydrogen-bond donors (Lipinski definition) is 3. The van der Waals surface area contributed by atoms with Gasteiger partial charge >= 0.3 is 6.03 Å². The van der Waals surface area contributed by atoms with Gasteiger partial charge in [-0.25, -0.2) is 9.18 Å². The maximum absolute atomic E-state index is 13.8. The minimum atomic E-state index is -0.609. The lowest BCUT2D eigenvalue weighted by atomic mass is 10.2. The van der Waals surface area contributed by atoms with E-state index in [0.717, 1.165) is 6.07 Å². The molecule has 0 aliphatic carbocycles. The zero-order valence-corrected chi connectivity index (χ0v) is 13.6. The first-order valence-corrected chi connectivity index (χ1v) is 8.01. The van der Waals surface area contributed by atoms with Gasteiger partial charge in [0.15, 0.2) is 0 Å². The molecular weight excluding hydrogens is 331 g/mol. The number of thiophene rings is 1. The molecule has 124 valence electrons. The second-order valence-corrected chi connectivity index (χ2v) is 5.81. The van der Waals surface area contributed by atoms with Crippen LogP contribution in [0.2, 0.25) is 0 Å². The molecule has 2 aromatic rings. The molecule has 1 aromatic heterocycles. The van der Waals surface area contributed by atoms with Gasteiger partial charge in [0.25, 0.3) is 5.91 Å². The van der Waals surface area contributed by atoms with Gasteiger partial charge in [0.05, 0.1) is 23.2 Å². The second kappa shape index (κ2) is 8.08. The van der Waals surface area contributed by atoms with Gasteiger partial charge in [-0.3, -0.25) is 4.79 Å². The fourth-order valence-corrected chi connectivity index (χ4v) is 2.39. The maximum Gasteiger partial charge on any atom is 0.319 e. The third-order valence-corrected chi connectivity index (χ3v) is 3.73. The van der Waals surface area contributed by atoms with E-state index < -0.39 is 17.8 Å². The summed E-state index contributed by atoms with van der Waals surface area (Å²) in [6, 6.07) is 6.96.